The van der Waals surface area contributed by atoms with Crippen molar-refractivity contribution in [2.75, 3.05) is 14.1 Å². The van der Waals surface area contributed by atoms with Gasteiger partial charge in [0.1, 0.15) is 0 Å². The highest BCUT2D eigenvalue weighted by molar-refractivity contribution is 6.31. The van der Waals surface area contributed by atoms with Crippen LogP contribution >= 0.6 is 11.6 Å². The molecule has 0 spiro atoms. The van der Waals surface area contributed by atoms with E-state index in [4.69, 9.17) is 17.3 Å². The topological polar surface area (TPSA) is 42.1 Å². The second-order valence-electron chi connectivity index (χ2n) is 5.60. The molecular formula is C16H22ClN3. The Kier molecular flexibility index (Phi) is 4.97. The predicted octanol–water partition coefficient (Wildman–Crippen LogP) is 3.62. The van der Waals surface area contributed by atoms with Gasteiger partial charge in [-0.1, -0.05) is 17.7 Å². The number of pyridine rings is 1. The van der Waals surface area contributed by atoms with Crippen molar-refractivity contribution in [1.29, 1.82) is 0 Å². The molecule has 0 saturated heterocycles. The molecule has 2 aromatic rings. The maximum absolute atomic E-state index is 6.05. The number of benzene rings is 1. The number of nitrogens with zero attached hydrogens (tertiary/aromatic N) is 2. The summed E-state index contributed by atoms with van der Waals surface area (Å²) in [6.45, 7) is 2.05. The average molecular weight is 292 g/mol. The lowest BCUT2D eigenvalue weighted by Crippen LogP contribution is -2.23. The number of halogens is 1. The van der Waals surface area contributed by atoms with Crippen LogP contribution < -0.4 is 5.73 Å². The molecule has 1 aromatic carbocycles. The summed E-state index contributed by atoms with van der Waals surface area (Å²) in [5, 5.41) is 1.89. The van der Waals surface area contributed by atoms with Gasteiger partial charge in [-0.2, -0.15) is 0 Å². The zero-order valence-corrected chi connectivity index (χ0v) is 13.1. The van der Waals surface area contributed by atoms with E-state index < -0.39 is 0 Å². The van der Waals surface area contributed by atoms with E-state index in [0.29, 0.717) is 6.04 Å². The third-order valence-electron chi connectivity index (χ3n) is 3.62. The lowest BCUT2D eigenvalue weighted by molar-refractivity contribution is 0.276. The monoisotopic (exact) mass is 291 g/mol. The molecule has 0 bridgehead atoms. The third-order valence-corrected chi connectivity index (χ3v) is 3.85. The Labute approximate surface area is 125 Å². The zero-order chi connectivity index (χ0) is 14.7. The molecule has 0 aliphatic carbocycles. The number of nitrogens with two attached hydrogens (primary N) is 1. The molecule has 1 heterocycles. The van der Waals surface area contributed by atoms with Crippen LogP contribution in [0.1, 0.15) is 31.4 Å². The van der Waals surface area contributed by atoms with Crippen molar-refractivity contribution in [1.82, 2.24) is 9.88 Å². The molecule has 2 atom stereocenters. The molecule has 20 heavy (non-hydrogen) atoms. The average Bonchev–Trinajstić information content (AvgIpc) is 2.37. The van der Waals surface area contributed by atoms with Crippen LogP contribution in [-0.4, -0.2) is 30.0 Å². The van der Waals surface area contributed by atoms with Crippen LogP contribution in [0.5, 0.6) is 0 Å². The summed E-state index contributed by atoms with van der Waals surface area (Å²) in [5.74, 6) is 0. The van der Waals surface area contributed by atoms with E-state index in [0.717, 1.165) is 23.4 Å². The fourth-order valence-corrected chi connectivity index (χ4v) is 2.71. The summed E-state index contributed by atoms with van der Waals surface area (Å²) in [7, 11) is 4.21. The van der Waals surface area contributed by atoms with E-state index in [1.807, 2.05) is 18.3 Å². The normalized spacial score (nSPS) is 14.7. The van der Waals surface area contributed by atoms with E-state index in [2.05, 4.69) is 43.0 Å². The Balaban J connectivity index is 2.42. The highest BCUT2D eigenvalue weighted by atomic mass is 35.5. The first-order valence-corrected chi connectivity index (χ1v) is 7.33. The van der Waals surface area contributed by atoms with Gasteiger partial charge in [0.05, 0.1) is 5.52 Å². The fraction of sp³-hybridized carbons (Fsp3) is 0.438. The van der Waals surface area contributed by atoms with Gasteiger partial charge in [0.15, 0.2) is 0 Å². The quantitative estimate of drug-likeness (QED) is 0.915. The van der Waals surface area contributed by atoms with Crippen LogP contribution in [-0.2, 0) is 0 Å². The molecule has 0 aliphatic rings. The molecule has 0 fully saturated rings. The summed E-state index contributed by atoms with van der Waals surface area (Å²) >= 11 is 6.05. The first-order valence-electron chi connectivity index (χ1n) is 6.95. The van der Waals surface area contributed by atoms with Crippen molar-refractivity contribution in [3.8, 4) is 0 Å². The Morgan fingerprint density at radius 2 is 2.00 bits per heavy atom. The molecule has 3 nitrogen and oxygen atoms in total. The molecule has 2 rings (SSSR count). The largest absolute Gasteiger partial charge is 0.328 e. The van der Waals surface area contributed by atoms with Gasteiger partial charge in [0.2, 0.25) is 0 Å². The van der Waals surface area contributed by atoms with Crippen molar-refractivity contribution >= 4 is 22.5 Å². The number of hydrogen-bond donors (Lipinski definition) is 1. The lowest BCUT2D eigenvalue weighted by Gasteiger charge is -2.26. The van der Waals surface area contributed by atoms with Gasteiger partial charge in [-0.05, 0) is 57.6 Å². The van der Waals surface area contributed by atoms with E-state index in [1.165, 1.54) is 10.9 Å². The van der Waals surface area contributed by atoms with E-state index in [9.17, 15) is 0 Å². The minimum Gasteiger partial charge on any atom is -0.328 e. The van der Waals surface area contributed by atoms with E-state index in [1.54, 1.807) is 0 Å². The van der Waals surface area contributed by atoms with Crippen LogP contribution in [0.3, 0.4) is 0 Å². The standard InChI is InChI=1S/C16H22ClN3/c1-11(18)4-7-16(20(2)3)14-8-9-19-15-10-12(17)5-6-13(14)15/h5-6,8-11,16H,4,7,18H2,1-3H3. The Hall–Kier alpha value is -1.16. The lowest BCUT2D eigenvalue weighted by atomic mass is 9.96. The van der Waals surface area contributed by atoms with Gasteiger partial charge in [-0.3, -0.25) is 4.98 Å². The van der Waals surface area contributed by atoms with Crippen molar-refractivity contribution in [2.45, 2.75) is 31.8 Å². The maximum atomic E-state index is 6.05. The summed E-state index contributed by atoms with van der Waals surface area (Å²) in [6, 6.07) is 8.56. The molecular weight excluding hydrogens is 270 g/mol. The van der Waals surface area contributed by atoms with Gasteiger partial charge in [-0.25, -0.2) is 0 Å². The number of hydrogen-bond acceptors (Lipinski definition) is 3. The van der Waals surface area contributed by atoms with Crippen LogP contribution in [0.2, 0.25) is 5.02 Å². The first kappa shape index (κ1) is 15.2. The van der Waals surface area contributed by atoms with Crippen LogP contribution in [0.15, 0.2) is 30.5 Å². The van der Waals surface area contributed by atoms with Crippen molar-refractivity contribution in [3.63, 3.8) is 0 Å². The van der Waals surface area contributed by atoms with Crippen molar-refractivity contribution < 1.29 is 0 Å². The van der Waals surface area contributed by atoms with Crippen molar-refractivity contribution in [3.05, 3.63) is 41.0 Å². The first-order chi connectivity index (χ1) is 9.49. The van der Waals surface area contributed by atoms with Gasteiger partial charge in [-0.15, -0.1) is 0 Å². The van der Waals surface area contributed by atoms with Crippen LogP contribution in [0.25, 0.3) is 10.9 Å². The summed E-state index contributed by atoms with van der Waals surface area (Å²) in [5.41, 5.74) is 8.14. The highest BCUT2D eigenvalue weighted by Crippen LogP contribution is 2.30. The molecule has 108 valence electrons. The van der Waals surface area contributed by atoms with Gasteiger partial charge in [0, 0.05) is 28.7 Å². The highest BCUT2D eigenvalue weighted by Gasteiger charge is 2.17. The number of fused-ring (bicyclic) bond motifs is 1. The molecule has 2 N–H and O–H groups in total. The maximum Gasteiger partial charge on any atom is 0.0720 e. The molecule has 0 aliphatic heterocycles. The Morgan fingerprint density at radius 1 is 1.25 bits per heavy atom. The Bertz CT molecular complexity index is 581. The minimum atomic E-state index is 0.222. The minimum absolute atomic E-state index is 0.222. The van der Waals surface area contributed by atoms with E-state index >= 15 is 0 Å². The fourth-order valence-electron chi connectivity index (χ4n) is 2.55. The SMILES string of the molecule is CC(N)CCC(c1ccnc2cc(Cl)ccc12)N(C)C. The Morgan fingerprint density at radius 3 is 2.65 bits per heavy atom. The van der Waals surface area contributed by atoms with E-state index in [-0.39, 0.29) is 6.04 Å². The summed E-state index contributed by atoms with van der Waals surface area (Å²) in [6.07, 6.45) is 3.89. The third kappa shape index (κ3) is 3.48. The van der Waals surface area contributed by atoms with Gasteiger partial charge in [0.25, 0.3) is 0 Å². The number of aromatic nitrogens is 1. The van der Waals surface area contributed by atoms with Gasteiger partial charge >= 0.3 is 0 Å². The second-order valence-corrected chi connectivity index (χ2v) is 6.03. The van der Waals surface area contributed by atoms with Crippen LogP contribution in [0.4, 0.5) is 0 Å². The molecule has 2 unspecified atom stereocenters. The predicted molar refractivity (Wildman–Crippen MR) is 86.1 cm³/mol. The molecule has 4 heteroatoms. The summed E-state index contributed by atoms with van der Waals surface area (Å²) < 4.78 is 0. The molecule has 0 amide bonds. The molecule has 0 radical (unpaired) electrons. The zero-order valence-electron chi connectivity index (χ0n) is 12.3. The summed E-state index contributed by atoms with van der Waals surface area (Å²) in [4.78, 5) is 6.65. The van der Waals surface area contributed by atoms with Crippen molar-refractivity contribution in [2.24, 2.45) is 5.73 Å². The smallest absolute Gasteiger partial charge is 0.0720 e. The second kappa shape index (κ2) is 6.53. The van der Waals surface area contributed by atoms with Crippen LogP contribution in [0, 0.1) is 0 Å². The molecule has 1 aromatic heterocycles. The number of rotatable bonds is 5. The van der Waals surface area contributed by atoms with Gasteiger partial charge < -0.3 is 10.6 Å². The molecule has 0 saturated carbocycles.